The number of rotatable bonds is 6. The van der Waals surface area contributed by atoms with E-state index in [-0.39, 0.29) is 5.60 Å². The van der Waals surface area contributed by atoms with Crippen molar-refractivity contribution in [1.29, 1.82) is 0 Å². The quantitative estimate of drug-likeness (QED) is 0.588. The fraction of sp³-hybridized carbons (Fsp3) is 0.938. The van der Waals surface area contributed by atoms with Gasteiger partial charge in [0.1, 0.15) is 0 Å². The van der Waals surface area contributed by atoms with Crippen LogP contribution in [0.15, 0.2) is 4.99 Å². The molecule has 0 amide bonds. The van der Waals surface area contributed by atoms with E-state index in [1.165, 1.54) is 0 Å². The lowest BCUT2D eigenvalue weighted by atomic mass is 9.94. The van der Waals surface area contributed by atoms with Crippen LogP contribution >= 0.6 is 0 Å². The van der Waals surface area contributed by atoms with Gasteiger partial charge in [0.25, 0.3) is 0 Å². The van der Waals surface area contributed by atoms with Crippen LogP contribution in [0.5, 0.6) is 0 Å². The first-order valence-electron chi connectivity index (χ1n) is 8.39. The molecule has 1 N–H and O–H groups in total. The number of nitrogens with one attached hydrogen (secondary N) is 1. The minimum Gasteiger partial charge on any atom is -0.381 e. The summed E-state index contributed by atoms with van der Waals surface area (Å²) >= 11 is 0. The monoisotopic (exact) mass is 313 g/mol. The van der Waals surface area contributed by atoms with Crippen molar-refractivity contribution in [3.8, 4) is 0 Å². The van der Waals surface area contributed by atoms with Gasteiger partial charge in [-0.1, -0.05) is 0 Å². The molecule has 0 aromatic rings. The largest absolute Gasteiger partial charge is 0.381 e. The molecule has 1 atom stereocenters. The van der Waals surface area contributed by atoms with E-state index < -0.39 is 0 Å². The zero-order valence-corrected chi connectivity index (χ0v) is 14.3. The third-order valence-electron chi connectivity index (χ3n) is 4.61. The number of nitrogens with zero attached hydrogens (tertiary/aromatic N) is 2. The molecule has 2 aliphatic rings. The van der Waals surface area contributed by atoms with Gasteiger partial charge in [0.05, 0.1) is 18.8 Å². The molecule has 2 rings (SSSR count). The molecular weight excluding hydrogens is 282 g/mol. The molecule has 22 heavy (non-hydrogen) atoms. The third kappa shape index (κ3) is 4.83. The Bertz CT molecular complexity index is 351. The van der Waals surface area contributed by atoms with Crippen molar-refractivity contribution in [1.82, 2.24) is 10.2 Å². The van der Waals surface area contributed by atoms with Crippen LogP contribution in [0.1, 0.15) is 26.2 Å². The van der Waals surface area contributed by atoms with E-state index in [0.29, 0.717) is 12.5 Å². The van der Waals surface area contributed by atoms with E-state index in [4.69, 9.17) is 19.2 Å². The second kappa shape index (κ2) is 8.70. The molecule has 0 spiro atoms. The molecule has 6 nitrogen and oxygen atoms in total. The van der Waals surface area contributed by atoms with Gasteiger partial charge in [-0.2, -0.15) is 0 Å². The fourth-order valence-corrected chi connectivity index (χ4v) is 3.06. The van der Waals surface area contributed by atoms with Crippen LogP contribution in [-0.2, 0) is 14.2 Å². The normalized spacial score (nSPS) is 25.2. The zero-order chi connectivity index (χ0) is 15.8. The highest BCUT2D eigenvalue weighted by Crippen LogP contribution is 2.25. The summed E-state index contributed by atoms with van der Waals surface area (Å²) in [6.45, 7) is 7.90. The lowest BCUT2D eigenvalue weighted by Gasteiger charge is -2.35. The molecule has 2 fully saturated rings. The van der Waals surface area contributed by atoms with Crippen LogP contribution in [0.4, 0.5) is 0 Å². The summed E-state index contributed by atoms with van der Waals surface area (Å²) in [5.74, 6) is 1.56. The smallest absolute Gasteiger partial charge is 0.193 e. The van der Waals surface area contributed by atoms with E-state index in [9.17, 15) is 0 Å². The number of aliphatic imine (C=N–C) groups is 1. The van der Waals surface area contributed by atoms with E-state index in [2.05, 4.69) is 24.2 Å². The van der Waals surface area contributed by atoms with Crippen molar-refractivity contribution < 1.29 is 14.2 Å². The standard InChI is InChI=1S/C16H31N3O3/c1-4-17-15(19(2)11-14-5-8-22-12-14)18-13-16(20-3)6-9-21-10-7-16/h14H,4-13H2,1-3H3,(H,17,18). The SMILES string of the molecule is CCNC(=NCC1(OC)CCOCC1)N(C)CC1CCOC1. The Morgan fingerprint density at radius 1 is 1.32 bits per heavy atom. The summed E-state index contributed by atoms with van der Waals surface area (Å²) in [6, 6.07) is 0. The minimum absolute atomic E-state index is 0.170. The molecule has 6 heteroatoms. The summed E-state index contributed by atoms with van der Waals surface area (Å²) < 4.78 is 16.7. The van der Waals surface area contributed by atoms with Crippen LogP contribution < -0.4 is 5.32 Å². The van der Waals surface area contributed by atoms with Crippen molar-refractivity contribution in [2.24, 2.45) is 10.9 Å². The number of guanidine groups is 1. The summed E-state index contributed by atoms with van der Waals surface area (Å²) in [4.78, 5) is 7.05. The highest BCUT2D eigenvalue weighted by Gasteiger charge is 2.32. The molecule has 1 unspecified atom stereocenters. The molecule has 0 aliphatic carbocycles. The van der Waals surface area contributed by atoms with Gasteiger partial charge in [-0.3, -0.25) is 4.99 Å². The second-order valence-electron chi connectivity index (χ2n) is 6.28. The lowest BCUT2D eigenvalue weighted by molar-refractivity contribution is -0.0829. The highest BCUT2D eigenvalue weighted by atomic mass is 16.5. The fourth-order valence-electron chi connectivity index (χ4n) is 3.06. The summed E-state index contributed by atoms with van der Waals surface area (Å²) in [7, 11) is 3.89. The van der Waals surface area contributed by atoms with Crippen LogP contribution in [-0.4, -0.2) is 76.7 Å². The van der Waals surface area contributed by atoms with Gasteiger partial charge in [0.2, 0.25) is 0 Å². The first kappa shape index (κ1) is 17.5. The Kier molecular flexibility index (Phi) is 6.92. The molecule has 2 aliphatic heterocycles. The van der Waals surface area contributed by atoms with Crippen LogP contribution in [0.25, 0.3) is 0 Å². The van der Waals surface area contributed by atoms with E-state index in [1.54, 1.807) is 7.11 Å². The van der Waals surface area contributed by atoms with E-state index in [0.717, 1.165) is 64.7 Å². The lowest BCUT2D eigenvalue weighted by Crippen LogP contribution is -2.45. The molecule has 2 saturated heterocycles. The van der Waals surface area contributed by atoms with E-state index >= 15 is 0 Å². The van der Waals surface area contributed by atoms with Gasteiger partial charge in [0, 0.05) is 65.8 Å². The van der Waals surface area contributed by atoms with Crippen molar-refractivity contribution in [3.05, 3.63) is 0 Å². The second-order valence-corrected chi connectivity index (χ2v) is 6.28. The molecule has 2 heterocycles. The van der Waals surface area contributed by atoms with Crippen LogP contribution in [0.2, 0.25) is 0 Å². The minimum atomic E-state index is -0.170. The van der Waals surface area contributed by atoms with Gasteiger partial charge in [-0.25, -0.2) is 0 Å². The van der Waals surface area contributed by atoms with E-state index in [1.807, 2.05) is 0 Å². The molecule has 0 radical (unpaired) electrons. The Labute approximate surface area is 134 Å². The molecule has 0 aromatic carbocycles. The first-order valence-corrected chi connectivity index (χ1v) is 8.39. The van der Waals surface area contributed by atoms with Gasteiger partial charge in [-0.15, -0.1) is 0 Å². The molecule has 0 bridgehead atoms. The van der Waals surface area contributed by atoms with Crippen molar-refractivity contribution in [2.75, 3.05) is 60.2 Å². The predicted molar refractivity (Wildman–Crippen MR) is 87.3 cm³/mol. The van der Waals surface area contributed by atoms with Crippen molar-refractivity contribution >= 4 is 5.96 Å². The predicted octanol–water partition coefficient (Wildman–Crippen LogP) is 1.12. The molecule has 0 aromatic heterocycles. The van der Waals surface area contributed by atoms with Gasteiger partial charge < -0.3 is 24.4 Å². The number of hydrogen-bond acceptors (Lipinski definition) is 4. The summed E-state index contributed by atoms with van der Waals surface area (Å²) in [6.07, 6.45) is 2.96. The third-order valence-corrected chi connectivity index (χ3v) is 4.61. The maximum atomic E-state index is 5.77. The van der Waals surface area contributed by atoms with Crippen LogP contribution in [0.3, 0.4) is 0 Å². The molecule has 128 valence electrons. The van der Waals surface area contributed by atoms with Crippen molar-refractivity contribution in [2.45, 2.75) is 31.8 Å². The average Bonchev–Trinajstić information content (AvgIpc) is 3.05. The summed E-state index contributed by atoms with van der Waals surface area (Å²) in [5, 5.41) is 3.39. The first-order chi connectivity index (χ1) is 10.7. The molecular formula is C16H31N3O3. The Morgan fingerprint density at radius 2 is 2.09 bits per heavy atom. The maximum Gasteiger partial charge on any atom is 0.193 e. The highest BCUT2D eigenvalue weighted by molar-refractivity contribution is 5.79. The van der Waals surface area contributed by atoms with Crippen LogP contribution in [0, 0.1) is 5.92 Å². The Morgan fingerprint density at radius 3 is 2.68 bits per heavy atom. The van der Waals surface area contributed by atoms with Gasteiger partial charge in [-0.05, 0) is 13.3 Å². The Balaban J connectivity index is 1.95. The number of methoxy groups -OCH3 is 1. The Hall–Kier alpha value is -0.850. The van der Waals surface area contributed by atoms with Crippen molar-refractivity contribution in [3.63, 3.8) is 0 Å². The van der Waals surface area contributed by atoms with Gasteiger partial charge in [0.15, 0.2) is 5.96 Å². The zero-order valence-electron chi connectivity index (χ0n) is 14.3. The topological polar surface area (TPSA) is 55.3 Å². The number of hydrogen-bond donors (Lipinski definition) is 1. The summed E-state index contributed by atoms with van der Waals surface area (Å²) in [5.41, 5.74) is -0.170. The number of ether oxygens (including phenoxy) is 3. The van der Waals surface area contributed by atoms with Gasteiger partial charge >= 0.3 is 0 Å². The maximum absolute atomic E-state index is 5.77. The average molecular weight is 313 g/mol. The molecule has 0 saturated carbocycles.